The van der Waals surface area contributed by atoms with Crippen LogP contribution in [0.4, 0.5) is 4.79 Å². The number of hydrogen-bond donors (Lipinski definition) is 3. The number of carbonyl (C=O) groups is 3. The van der Waals surface area contributed by atoms with Crippen molar-refractivity contribution in [3.63, 3.8) is 0 Å². The number of carbonyl (C=O) groups excluding carboxylic acids is 3. The fourth-order valence-corrected chi connectivity index (χ4v) is 1.40. The van der Waals surface area contributed by atoms with Crippen molar-refractivity contribution in [3.8, 4) is 0 Å². The molecule has 0 saturated carbocycles. The van der Waals surface area contributed by atoms with Crippen LogP contribution in [0, 0.1) is 0 Å². The van der Waals surface area contributed by atoms with E-state index in [0.717, 1.165) is 0 Å². The van der Waals surface area contributed by atoms with Crippen molar-refractivity contribution in [1.82, 2.24) is 10.6 Å². The summed E-state index contributed by atoms with van der Waals surface area (Å²) in [4.78, 5) is 33.9. The van der Waals surface area contributed by atoms with Crippen LogP contribution in [-0.2, 0) is 11.3 Å². The number of rotatable bonds is 4. The number of urea groups is 1. The first-order valence-electron chi connectivity index (χ1n) is 5.77. The van der Waals surface area contributed by atoms with E-state index < -0.39 is 17.8 Å². The lowest BCUT2D eigenvalue weighted by atomic mass is 10.3. The van der Waals surface area contributed by atoms with Crippen LogP contribution in [0.25, 0.3) is 0 Å². The van der Waals surface area contributed by atoms with Gasteiger partial charge < -0.3 is 11.1 Å². The normalized spacial score (nSPS) is 10.1. The lowest BCUT2D eigenvalue weighted by molar-refractivity contribution is -0.684. The van der Waals surface area contributed by atoms with Crippen molar-refractivity contribution in [2.75, 3.05) is 0 Å². The largest absolute Gasteiger partial charge is 0.365 e. The summed E-state index contributed by atoms with van der Waals surface area (Å²) < 4.78 is 1.47. The van der Waals surface area contributed by atoms with Gasteiger partial charge in [0.2, 0.25) is 6.54 Å². The summed E-state index contributed by atoms with van der Waals surface area (Å²) in [5.41, 5.74) is 5.43. The number of pyridine rings is 1. The quantitative estimate of drug-likeness (QED) is 0.627. The Labute approximate surface area is 110 Å². The van der Waals surface area contributed by atoms with E-state index in [1.807, 2.05) is 0 Å². The molecule has 19 heavy (non-hydrogen) atoms. The Morgan fingerprint density at radius 3 is 2.63 bits per heavy atom. The lowest BCUT2D eigenvalue weighted by Gasteiger charge is -2.07. The molecule has 0 aliphatic heterocycles. The Kier molecular flexibility index (Phi) is 4.99. The van der Waals surface area contributed by atoms with Gasteiger partial charge in [-0.15, -0.1) is 0 Å². The van der Waals surface area contributed by atoms with Gasteiger partial charge in [-0.05, 0) is 19.9 Å². The maximum atomic E-state index is 11.6. The topological polar surface area (TPSA) is 105 Å². The van der Waals surface area contributed by atoms with Gasteiger partial charge in [0.1, 0.15) is 5.56 Å². The second-order valence-electron chi connectivity index (χ2n) is 4.31. The van der Waals surface area contributed by atoms with E-state index in [1.54, 1.807) is 32.2 Å². The molecule has 0 fully saturated rings. The number of nitrogens with two attached hydrogens (primary N) is 1. The van der Waals surface area contributed by atoms with Crippen molar-refractivity contribution in [1.29, 1.82) is 0 Å². The molecular weight excluding hydrogens is 248 g/mol. The Bertz CT molecular complexity index is 500. The first kappa shape index (κ1) is 14.6. The summed E-state index contributed by atoms with van der Waals surface area (Å²) in [6.45, 7) is 3.50. The van der Waals surface area contributed by atoms with E-state index >= 15 is 0 Å². The first-order chi connectivity index (χ1) is 8.88. The summed E-state index contributed by atoms with van der Waals surface area (Å²) >= 11 is 0. The molecule has 4 amide bonds. The summed E-state index contributed by atoms with van der Waals surface area (Å²) in [6, 6.07) is 2.54. The van der Waals surface area contributed by atoms with E-state index in [2.05, 4.69) is 10.6 Å². The summed E-state index contributed by atoms with van der Waals surface area (Å²) in [7, 11) is 0. The fraction of sp³-hybridized carbons (Fsp3) is 0.333. The highest BCUT2D eigenvalue weighted by Gasteiger charge is 2.14. The highest BCUT2D eigenvalue weighted by Crippen LogP contribution is 1.91. The molecule has 0 unspecified atom stereocenters. The molecule has 7 nitrogen and oxygen atoms in total. The van der Waals surface area contributed by atoms with Crippen molar-refractivity contribution in [2.24, 2.45) is 5.73 Å². The van der Waals surface area contributed by atoms with Gasteiger partial charge in [0.15, 0.2) is 12.4 Å². The van der Waals surface area contributed by atoms with Crippen molar-refractivity contribution >= 4 is 17.8 Å². The highest BCUT2D eigenvalue weighted by molar-refractivity contribution is 5.94. The molecule has 1 heterocycles. The summed E-state index contributed by atoms with van der Waals surface area (Å²) in [6.07, 6.45) is 3.05. The molecule has 1 rings (SSSR count). The molecule has 1 aromatic heterocycles. The Balaban J connectivity index is 2.59. The average Bonchev–Trinajstić information content (AvgIpc) is 2.27. The molecule has 7 heteroatoms. The van der Waals surface area contributed by atoms with Crippen LogP contribution in [-0.4, -0.2) is 23.9 Å². The van der Waals surface area contributed by atoms with Gasteiger partial charge >= 0.3 is 6.03 Å². The Morgan fingerprint density at radius 2 is 2.05 bits per heavy atom. The SMILES string of the molecule is CC(C)NC(=O)NC(=O)C[n+]1cccc(C(N)=O)c1. The van der Waals surface area contributed by atoms with E-state index in [0.29, 0.717) is 5.56 Å². The smallest absolute Gasteiger partial charge is 0.321 e. The van der Waals surface area contributed by atoms with Crippen molar-refractivity contribution < 1.29 is 19.0 Å². The monoisotopic (exact) mass is 265 g/mol. The van der Waals surface area contributed by atoms with E-state index in [1.165, 1.54) is 10.8 Å². The van der Waals surface area contributed by atoms with Crippen LogP contribution in [0.5, 0.6) is 0 Å². The van der Waals surface area contributed by atoms with Crippen LogP contribution in [0.3, 0.4) is 0 Å². The van der Waals surface area contributed by atoms with Gasteiger partial charge in [-0.2, -0.15) is 4.57 Å². The van der Waals surface area contributed by atoms with Crippen LogP contribution >= 0.6 is 0 Å². The Hall–Kier alpha value is -2.44. The molecule has 0 aliphatic rings. The zero-order valence-electron chi connectivity index (χ0n) is 10.8. The van der Waals surface area contributed by atoms with Crippen LogP contribution in [0.1, 0.15) is 24.2 Å². The van der Waals surface area contributed by atoms with Gasteiger partial charge in [-0.1, -0.05) is 0 Å². The van der Waals surface area contributed by atoms with Crippen molar-refractivity contribution in [2.45, 2.75) is 26.4 Å². The number of hydrogen-bond acceptors (Lipinski definition) is 3. The second kappa shape index (κ2) is 6.48. The molecule has 4 N–H and O–H groups in total. The maximum absolute atomic E-state index is 11.6. The third-order valence-electron chi connectivity index (χ3n) is 2.14. The highest BCUT2D eigenvalue weighted by atomic mass is 16.2. The van der Waals surface area contributed by atoms with Gasteiger partial charge in [-0.25, -0.2) is 4.79 Å². The number of amides is 4. The fourth-order valence-electron chi connectivity index (χ4n) is 1.40. The van der Waals surface area contributed by atoms with Gasteiger partial charge in [0, 0.05) is 12.1 Å². The predicted octanol–water partition coefficient (Wildman–Crippen LogP) is -0.693. The maximum Gasteiger partial charge on any atom is 0.321 e. The van der Waals surface area contributed by atoms with E-state index in [4.69, 9.17) is 5.73 Å². The standard InChI is InChI=1S/C12H16N4O3/c1-8(2)14-12(19)15-10(17)7-16-5-3-4-9(6-16)11(13)18/h3-6,8H,7H2,1-2H3,(H3-,13,14,15,17,18,19)/p+1. The zero-order chi connectivity index (χ0) is 14.4. The van der Waals surface area contributed by atoms with Gasteiger partial charge in [0.05, 0.1) is 0 Å². The summed E-state index contributed by atoms with van der Waals surface area (Å²) in [5.74, 6) is -1.06. The molecule has 0 saturated heterocycles. The number of imide groups is 1. The minimum atomic E-state index is -0.577. The molecule has 102 valence electrons. The molecule has 0 radical (unpaired) electrons. The van der Waals surface area contributed by atoms with Gasteiger partial charge in [-0.3, -0.25) is 14.9 Å². The van der Waals surface area contributed by atoms with Crippen LogP contribution < -0.4 is 20.9 Å². The van der Waals surface area contributed by atoms with E-state index in [9.17, 15) is 14.4 Å². The minimum Gasteiger partial charge on any atom is -0.365 e. The minimum absolute atomic E-state index is 0.0568. The van der Waals surface area contributed by atoms with E-state index in [-0.39, 0.29) is 12.6 Å². The number of aromatic nitrogens is 1. The summed E-state index contributed by atoms with van der Waals surface area (Å²) in [5, 5.41) is 4.72. The Morgan fingerprint density at radius 1 is 1.37 bits per heavy atom. The van der Waals surface area contributed by atoms with Gasteiger partial charge in [0.25, 0.3) is 11.8 Å². The third kappa shape index (κ3) is 5.15. The third-order valence-corrected chi connectivity index (χ3v) is 2.14. The molecule has 0 atom stereocenters. The molecule has 0 spiro atoms. The molecule has 1 aromatic rings. The number of nitrogens with zero attached hydrogens (tertiary/aromatic N) is 1. The molecule has 0 aromatic carbocycles. The van der Waals surface area contributed by atoms with Crippen molar-refractivity contribution in [3.05, 3.63) is 30.1 Å². The second-order valence-corrected chi connectivity index (χ2v) is 4.31. The number of primary amides is 1. The van der Waals surface area contributed by atoms with Crippen LogP contribution in [0.15, 0.2) is 24.5 Å². The number of nitrogens with one attached hydrogen (secondary N) is 2. The zero-order valence-corrected chi connectivity index (χ0v) is 10.8. The predicted molar refractivity (Wildman–Crippen MR) is 67.0 cm³/mol. The average molecular weight is 265 g/mol. The molecular formula is C12H17N4O3+. The molecule has 0 aliphatic carbocycles. The first-order valence-corrected chi connectivity index (χ1v) is 5.77. The van der Waals surface area contributed by atoms with Crippen LogP contribution in [0.2, 0.25) is 0 Å². The molecule has 0 bridgehead atoms. The lowest BCUT2D eigenvalue weighted by Crippen LogP contribution is -2.48.